The van der Waals surface area contributed by atoms with Crippen LogP contribution in [0.25, 0.3) is 0 Å². The quantitative estimate of drug-likeness (QED) is 0.345. The Balaban J connectivity index is 3.33. The average molecular weight is 292 g/mol. The molecule has 0 atom stereocenters. The lowest BCUT2D eigenvalue weighted by molar-refractivity contribution is 0.310. The van der Waals surface area contributed by atoms with E-state index >= 15 is 0 Å². The molecule has 0 N–H and O–H groups in total. The summed E-state index contributed by atoms with van der Waals surface area (Å²) in [5, 5.41) is 0. The van der Waals surface area contributed by atoms with Crippen molar-refractivity contribution in [2.45, 2.75) is 84.5 Å². The van der Waals surface area contributed by atoms with Crippen LogP contribution in [0, 0.1) is 0 Å². The van der Waals surface area contributed by atoms with E-state index in [-0.39, 0.29) is 5.75 Å². The van der Waals surface area contributed by atoms with E-state index in [1.807, 2.05) is 6.92 Å². The van der Waals surface area contributed by atoms with Crippen LogP contribution in [-0.2, 0) is 14.3 Å². The maximum atomic E-state index is 11.5. The maximum absolute atomic E-state index is 11.5. The van der Waals surface area contributed by atoms with E-state index in [0.717, 1.165) is 32.1 Å². The summed E-state index contributed by atoms with van der Waals surface area (Å²) in [6.45, 7) is 4.59. The number of hydrogen-bond acceptors (Lipinski definition) is 3. The van der Waals surface area contributed by atoms with Crippen molar-refractivity contribution in [3.63, 3.8) is 0 Å². The Morgan fingerprint density at radius 2 is 1.16 bits per heavy atom. The predicted octanol–water partition coefficient (Wildman–Crippen LogP) is 4.66. The molecule has 0 aromatic carbocycles. The van der Waals surface area contributed by atoms with Crippen LogP contribution in [0.1, 0.15) is 84.5 Å². The second-order valence-corrected chi connectivity index (χ2v) is 7.03. The molecular weight excluding hydrogens is 260 g/mol. The Bertz CT molecular complexity index is 273. The van der Waals surface area contributed by atoms with Gasteiger partial charge in [-0.3, -0.25) is 4.18 Å². The molecule has 0 bridgehead atoms. The van der Waals surface area contributed by atoms with Gasteiger partial charge in [0.05, 0.1) is 12.4 Å². The SMILES string of the molecule is CCCCCCCCCCCS(=O)(=O)OCCCC. The summed E-state index contributed by atoms with van der Waals surface area (Å²) in [6, 6.07) is 0. The Hall–Kier alpha value is -0.0900. The molecule has 0 rings (SSSR count). The zero-order chi connectivity index (χ0) is 14.4. The van der Waals surface area contributed by atoms with Gasteiger partial charge in [-0.15, -0.1) is 0 Å². The van der Waals surface area contributed by atoms with E-state index < -0.39 is 10.1 Å². The summed E-state index contributed by atoms with van der Waals surface area (Å²) in [4.78, 5) is 0. The molecule has 0 saturated carbocycles. The van der Waals surface area contributed by atoms with Crippen LogP contribution in [0.2, 0.25) is 0 Å². The number of hydrogen-bond donors (Lipinski definition) is 0. The summed E-state index contributed by atoms with van der Waals surface area (Å²) < 4.78 is 27.9. The lowest BCUT2D eigenvalue weighted by Crippen LogP contribution is -2.11. The van der Waals surface area contributed by atoms with Crippen molar-refractivity contribution in [1.82, 2.24) is 0 Å². The molecule has 3 nitrogen and oxygen atoms in total. The Kier molecular flexibility index (Phi) is 12.9. The summed E-state index contributed by atoms with van der Waals surface area (Å²) in [6.07, 6.45) is 12.5. The summed E-state index contributed by atoms with van der Waals surface area (Å²) >= 11 is 0. The molecule has 0 amide bonds. The third kappa shape index (κ3) is 14.1. The third-order valence-corrected chi connectivity index (χ3v) is 4.57. The molecule has 0 aromatic rings. The summed E-state index contributed by atoms with van der Waals surface area (Å²) in [5.74, 6) is 0.187. The van der Waals surface area contributed by atoms with Crippen LogP contribution >= 0.6 is 0 Å². The molecule has 0 saturated heterocycles. The molecule has 0 heterocycles. The van der Waals surface area contributed by atoms with Crippen molar-refractivity contribution in [2.24, 2.45) is 0 Å². The fraction of sp³-hybridized carbons (Fsp3) is 1.00. The van der Waals surface area contributed by atoms with E-state index in [0.29, 0.717) is 6.61 Å². The van der Waals surface area contributed by atoms with Gasteiger partial charge in [-0.1, -0.05) is 71.6 Å². The van der Waals surface area contributed by atoms with E-state index in [4.69, 9.17) is 4.18 Å². The molecule has 0 aliphatic heterocycles. The largest absolute Gasteiger partial charge is 0.270 e. The molecule has 0 unspecified atom stereocenters. The van der Waals surface area contributed by atoms with Crippen molar-refractivity contribution < 1.29 is 12.6 Å². The van der Waals surface area contributed by atoms with E-state index in [9.17, 15) is 8.42 Å². The first kappa shape index (κ1) is 18.9. The first-order chi connectivity index (χ1) is 9.12. The van der Waals surface area contributed by atoms with Crippen molar-refractivity contribution >= 4 is 10.1 Å². The Labute approximate surface area is 120 Å². The highest BCUT2D eigenvalue weighted by Crippen LogP contribution is 2.10. The molecule has 19 heavy (non-hydrogen) atoms. The first-order valence-corrected chi connectivity index (χ1v) is 9.57. The van der Waals surface area contributed by atoms with Crippen molar-refractivity contribution in [2.75, 3.05) is 12.4 Å². The van der Waals surface area contributed by atoms with Crippen LogP contribution in [0.3, 0.4) is 0 Å². The topological polar surface area (TPSA) is 43.4 Å². The second kappa shape index (κ2) is 12.9. The summed E-state index contributed by atoms with van der Waals surface area (Å²) in [7, 11) is -3.26. The van der Waals surface area contributed by atoms with Gasteiger partial charge >= 0.3 is 0 Å². The van der Waals surface area contributed by atoms with Gasteiger partial charge in [0.1, 0.15) is 0 Å². The van der Waals surface area contributed by atoms with Crippen LogP contribution in [0.5, 0.6) is 0 Å². The number of unbranched alkanes of at least 4 members (excludes halogenated alkanes) is 9. The van der Waals surface area contributed by atoms with Crippen LogP contribution < -0.4 is 0 Å². The lowest BCUT2D eigenvalue weighted by Gasteiger charge is -2.05. The monoisotopic (exact) mass is 292 g/mol. The highest BCUT2D eigenvalue weighted by Gasteiger charge is 2.09. The highest BCUT2D eigenvalue weighted by atomic mass is 32.2. The molecule has 0 aliphatic carbocycles. The van der Waals surface area contributed by atoms with Crippen molar-refractivity contribution in [3.8, 4) is 0 Å². The predicted molar refractivity (Wildman–Crippen MR) is 81.9 cm³/mol. The number of rotatable bonds is 14. The van der Waals surface area contributed by atoms with Gasteiger partial charge in [-0.05, 0) is 12.8 Å². The van der Waals surface area contributed by atoms with E-state index in [1.54, 1.807) is 0 Å². The minimum Gasteiger partial charge on any atom is -0.270 e. The standard InChI is InChI=1S/C15H32O3S/c1-3-5-7-8-9-10-11-12-13-15-19(16,17)18-14-6-4-2/h3-15H2,1-2H3. The van der Waals surface area contributed by atoms with Gasteiger partial charge in [-0.2, -0.15) is 8.42 Å². The summed E-state index contributed by atoms with van der Waals surface area (Å²) in [5.41, 5.74) is 0. The van der Waals surface area contributed by atoms with Crippen LogP contribution in [-0.4, -0.2) is 20.8 Å². The van der Waals surface area contributed by atoms with Gasteiger partial charge in [0, 0.05) is 0 Å². The smallest absolute Gasteiger partial charge is 0.267 e. The van der Waals surface area contributed by atoms with Gasteiger partial charge in [0.25, 0.3) is 10.1 Å². The van der Waals surface area contributed by atoms with E-state index in [1.165, 1.54) is 38.5 Å². The van der Waals surface area contributed by atoms with Crippen molar-refractivity contribution in [3.05, 3.63) is 0 Å². The minimum atomic E-state index is -3.26. The zero-order valence-corrected chi connectivity index (χ0v) is 13.6. The molecule has 0 fully saturated rings. The second-order valence-electron chi connectivity index (χ2n) is 5.27. The molecule has 0 radical (unpaired) electrons. The van der Waals surface area contributed by atoms with Gasteiger partial charge in [0.15, 0.2) is 0 Å². The fourth-order valence-electron chi connectivity index (χ4n) is 1.98. The Morgan fingerprint density at radius 3 is 1.68 bits per heavy atom. The molecule has 4 heteroatoms. The van der Waals surface area contributed by atoms with Crippen LogP contribution in [0.15, 0.2) is 0 Å². The third-order valence-electron chi connectivity index (χ3n) is 3.26. The first-order valence-electron chi connectivity index (χ1n) is 7.99. The van der Waals surface area contributed by atoms with Crippen molar-refractivity contribution in [1.29, 1.82) is 0 Å². The maximum Gasteiger partial charge on any atom is 0.267 e. The van der Waals surface area contributed by atoms with Gasteiger partial charge < -0.3 is 0 Å². The average Bonchev–Trinajstić information content (AvgIpc) is 2.37. The lowest BCUT2D eigenvalue weighted by atomic mass is 10.1. The van der Waals surface area contributed by atoms with E-state index in [2.05, 4.69) is 6.92 Å². The highest BCUT2D eigenvalue weighted by molar-refractivity contribution is 7.86. The normalized spacial score (nSPS) is 11.9. The Morgan fingerprint density at radius 1 is 0.684 bits per heavy atom. The molecular formula is C15H32O3S. The molecule has 0 aromatic heterocycles. The molecule has 0 aliphatic rings. The van der Waals surface area contributed by atoms with Gasteiger partial charge in [0.2, 0.25) is 0 Å². The van der Waals surface area contributed by atoms with Gasteiger partial charge in [-0.25, -0.2) is 0 Å². The fourth-order valence-corrected chi connectivity index (χ4v) is 3.03. The molecule has 0 spiro atoms. The molecule has 116 valence electrons. The van der Waals surface area contributed by atoms with Crippen LogP contribution in [0.4, 0.5) is 0 Å². The zero-order valence-electron chi connectivity index (χ0n) is 12.8. The minimum absolute atomic E-state index is 0.187.